The summed E-state index contributed by atoms with van der Waals surface area (Å²) in [7, 11) is 1.49. The molecule has 1 aromatic carbocycles. The predicted octanol–water partition coefficient (Wildman–Crippen LogP) is 1.36. The number of nitrogens with zero attached hydrogens (tertiary/aromatic N) is 3. The monoisotopic (exact) mass is 345 g/mol. The first-order valence-corrected chi connectivity index (χ1v) is 7.77. The number of urea groups is 1. The number of carbonyl (C=O) groups is 1. The fourth-order valence-corrected chi connectivity index (χ4v) is 2.60. The molecule has 1 atom stereocenters. The largest absolute Gasteiger partial charge is 0.494 e. The Labute approximate surface area is 142 Å². The molecule has 0 aliphatic heterocycles. The van der Waals surface area contributed by atoms with Crippen molar-refractivity contribution in [3.05, 3.63) is 34.8 Å². The van der Waals surface area contributed by atoms with Gasteiger partial charge in [0, 0.05) is 12.6 Å². The molecule has 0 spiro atoms. The fourth-order valence-electron chi connectivity index (χ4n) is 2.60. The number of fused-ring (bicyclic) bond motifs is 1. The first-order valence-electron chi connectivity index (χ1n) is 7.77. The Balaban J connectivity index is 1.78. The molecule has 0 aliphatic carbocycles. The lowest BCUT2D eigenvalue weighted by molar-refractivity contribution is 0.248. The third kappa shape index (κ3) is 3.32. The van der Waals surface area contributed by atoms with Crippen molar-refractivity contribution in [2.24, 2.45) is 0 Å². The Bertz CT molecular complexity index is 956. The van der Waals surface area contributed by atoms with Gasteiger partial charge in [0.25, 0.3) is 0 Å². The number of aromatic nitrogens is 5. The third-order valence-corrected chi connectivity index (χ3v) is 3.76. The van der Waals surface area contributed by atoms with Gasteiger partial charge in [-0.05, 0) is 19.9 Å². The van der Waals surface area contributed by atoms with Crippen LogP contribution < -0.4 is 21.1 Å². The van der Waals surface area contributed by atoms with E-state index in [-0.39, 0.29) is 11.7 Å². The summed E-state index contributed by atoms with van der Waals surface area (Å²) in [6, 6.07) is 2.52. The Morgan fingerprint density at radius 2 is 2.08 bits per heavy atom. The number of anilines is 1. The summed E-state index contributed by atoms with van der Waals surface area (Å²) in [6.07, 6.45) is 1.45. The van der Waals surface area contributed by atoms with E-state index in [0.717, 1.165) is 0 Å². The molecule has 10 heteroatoms. The summed E-state index contributed by atoms with van der Waals surface area (Å²) in [5.74, 6) is 1.09. The summed E-state index contributed by atoms with van der Waals surface area (Å²) in [5.41, 5.74) is 1.27. The molecule has 2 aromatic heterocycles. The fraction of sp³-hybridized carbons (Fsp3) is 0.333. The molecule has 0 radical (unpaired) electrons. The summed E-state index contributed by atoms with van der Waals surface area (Å²) in [4.78, 5) is 33.2. The van der Waals surface area contributed by atoms with Gasteiger partial charge in [0.2, 0.25) is 0 Å². The molecule has 0 bridgehead atoms. The van der Waals surface area contributed by atoms with Crippen molar-refractivity contribution >= 4 is 22.8 Å². The maximum absolute atomic E-state index is 12.3. The number of benzene rings is 1. The van der Waals surface area contributed by atoms with E-state index >= 15 is 0 Å². The minimum Gasteiger partial charge on any atom is -0.494 e. The summed E-state index contributed by atoms with van der Waals surface area (Å²) in [6.45, 7) is 4.43. The molecule has 132 valence electrons. The standard InChI is InChI=1S/C15H19N7O3/c1-4-22-13(16-7-17-22)8(2)18-14(23)21-11-5-9-10(6-12(11)25-3)20-15(24)19-9/h5-8H,4H2,1-3H3,(H2,18,21,23)(H2,19,20,24)/t8-/m1/s1. The van der Waals surface area contributed by atoms with Crippen LogP contribution in [-0.2, 0) is 6.54 Å². The van der Waals surface area contributed by atoms with Gasteiger partial charge in [-0.15, -0.1) is 0 Å². The number of imidazole rings is 1. The van der Waals surface area contributed by atoms with Crippen molar-refractivity contribution in [3.63, 3.8) is 0 Å². The van der Waals surface area contributed by atoms with Crippen LogP contribution in [0.25, 0.3) is 11.0 Å². The molecule has 0 fully saturated rings. The van der Waals surface area contributed by atoms with Crippen molar-refractivity contribution in [3.8, 4) is 5.75 Å². The SMILES string of the molecule is CCn1ncnc1[C@@H](C)NC(=O)Nc1cc2[nH]c(=O)[nH]c2cc1OC. The van der Waals surface area contributed by atoms with E-state index in [4.69, 9.17) is 4.74 Å². The zero-order valence-corrected chi connectivity index (χ0v) is 14.1. The lowest BCUT2D eigenvalue weighted by atomic mass is 10.2. The summed E-state index contributed by atoms with van der Waals surface area (Å²) < 4.78 is 6.98. The van der Waals surface area contributed by atoms with Crippen molar-refractivity contribution in [2.45, 2.75) is 26.4 Å². The van der Waals surface area contributed by atoms with Crippen LogP contribution in [0.3, 0.4) is 0 Å². The minimum absolute atomic E-state index is 0.328. The lowest BCUT2D eigenvalue weighted by Gasteiger charge is -2.16. The second-order valence-electron chi connectivity index (χ2n) is 5.43. The molecular weight excluding hydrogens is 326 g/mol. The topological polar surface area (TPSA) is 130 Å². The average Bonchev–Trinajstić information content (AvgIpc) is 3.18. The van der Waals surface area contributed by atoms with Crippen molar-refractivity contribution < 1.29 is 9.53 Å². The number of aryl methyl sites for hydroxylation is 1. The molecule has 3 aromatic rings. The van der Waals surface area contributed by atoms with E-state index in [1.165, 1.54) is 13.4 Å². The van der Waals surface area contributed by atoms with Crippen LogP contribution in [-0.4, -0.2) is 37.9 Å². The first kappa shape index (κ1) is 16.6. The van der Waals surface area contributed by atoms with Gasteiger partial charge in [-0.1, -0.05) is 0 Å². The van der Waals surface area contributed by atoms with Gasteiger partial charge < -0.3 is 25.3 Å². The minimum atomic E-state index is -0.423. The van der Waals surface area contributed by atoms with Gasteiger partial charge in [-0.25, -0.2) is 19.3 Å². The molecule has 25 heavy (non-hydrogen) atoms. The van der Waals surface area contributed by atoms with Gasteiger partial charge in [-0.2, -0.15) is 5.10 Å². The predicted molar refractivity (Wildman–Crippen MR) is 91.7 cm³/mol. The molecule has 10 nitrogen and oxygen atoms in total. The molecule has 2 heterocycles. The zero-order valence-electron chi connectivity index (χ0n) is 14.1. The van der Waals surface area contributed by atoms with Gasteiger partial charge >= 0.3 is 11.7 Å². The second-order valence-corrected chi connectivity index (χ2v) is 5.43. The number of hydrogen-bond donors (Lipinski definition) is 4. The number of rotatable bonds is 5. The highest BCUT2D eigenvalue weighted by Gasteiger charge is 2.16. The van der Waals surface area contributed by atoms with E-state index < -0.39 is 6.03 Å². The number of ether oxygens (including phenoxy) is 1. The highest BCUT2D eigenvalue weighted by atomic mass is 16.5. The molecule has 4 N–H and O–H groups in total. The van der Waals surface area contributed by atoms with Crippen LogP contribution in [0.5, 0.6) is 5.75 Å². The smallest absolute Gasteiger partial charge is 0.323 e. The zero-order chi connectivity index (χ0) is 18.0. The quantitative estimate of drug-likeness (QED) is 0.555. The number of H-pyrrole nitrogens is 2. The Morgan fingerprint density at radius 3 is 2.76 bits per heavy atom. The van der Waals surface area contributed by atoms with Crippen molar-refractivity contribution in [2.75, 3.05) is 12.4 Å². The van der Waals surface area contributed by atoms with Gasteiger partial charge in [0.05, 0.1) is 29.9 Å². The van der Waals surface area contributed by atoms with Crippen LogP contribution >= 0.6 is 0 Å². The van der Waals surface area contributed by atoms with E-state index in [0.29, 0.717) is 34.8 Å². The normalized spacial score (nSPS) is 12.1. The number of nitrogens with one attached hydrogen (secondary N) is 4. The molecule has 3 rings (SSSR count). The van der Waals surface area contributed by atoms with Crippen molar-refractivity contribution in [1.29, 1.82) is 0 Å². The van der Waals surface area contributed by atoms with Crippen LogP contribution in [0.15, 0.2) is 23.3 Å². The van der Waals surface area contributed by atoms with E-state index in [1.54, 1.807) is 16.8 Å². The van der Waals surface area contributed by atoms with E-state index in [2.05, 4.69) is 30.7 Å². The highest BCUT2D eigenvalue weighted by Crippen LogP contribution is 2.28. The van der Waals surface area contributed by atoms with E-state index in [1.807, 2.05) is 13.8 Å². The van der Waals surface area contributed by atoms with Crippen molar-refractivity contribution in [1.82, 2.24) is 30.0 Å². The molecule has 0 saturated heterocycles. The van der Waals surface area contributed by atoms with Gasteiger partial charge in [0.1, 0.15) is 17.9 Å². The molecule has 0 unspecified atom stereocenters. The second kappa shape index (κ2) is 6.67. The Morgan fingerprint density at radius 1 is 1.36 bits per heavy atom. The van der Waals surface area contributed by atoms with E-state index in [9.17, 15) is 9.59 Å². The molecule has 0 saturated carbocycles. The van der Waals surface area contributed by atoms with Gasteiger partial charge in [-0.3, -0.25) is 0 Å². The maximum atomic E-state index is 12.3. The summed E-state index contributed by atoms with van der Waals surface area (Å²) in [5, 5.41) is 9.61. The lowest BCUT2D eigenvalue weighted by Crippen LogP contribution is -2.32. The summed E-state index contributed by atoms with van der Waals surface area (Å²) >= 11 is 0. The van der Waals surface area contributed by atoms with Crippen LogP contribution in [0.2, 0.25) is 0 Å². The van der Waals surface area contributed by atoms with Crippen LogP contribution in [0.4, 0.5) is 10.5 Å². The highest BCUT2D eigenvalue weighted by molar-refractivity contribution is 5.94. The average molecular weight is 345 g/mol. The number of aromatic amines is 2. The Hall–Kier alpha value is -3.30. The molecule has 2 amide bonds. The molecular formula is C15H19N7O3. The number of carbonyl (C=O) groups excluding carboxylic acids is 1. The maximum Gasteiger partial charge on any atom is 0.323 e. The molecule has 0 aliphatic rings. The first-order chi connectivity index (χ1) is 12.0. The van der Waals surface area contributed by atoms with Gasteiger partial charge in [0.15, 0.2) is 0 Å². The Kier molecular flexibility index (Phi) is 4.42. The third-order valence-electron chi connectivity index (χ3n) is 3.76. The number of amides is 2. The number of methoxy groups -OCH3 is 1. The van der Waals surface area contributed by atoms with Crippen LogP contribution in [0, 0.1) is 0 Å². The number of hydrogen-bond acceptors (Lipinski definition) is 5. The van der Waals surface area contributed by atoms with Crippen LogP contribution in [0.1, 0.15) is 25.7 Å².